The number of methoxy groups -OCH3 is 1. The first-order chi connectivity index (χ1) is 18.7. The number of ether oxygens (including phenoxy) is 4. The Morgan fingerprint density at radius 3 is 2.51 bits per heavy atom. The van der Waals surface area contributed by atoms with Crippen molar-refractivity contribution in [1.82, 2.24) is 5.32 Å². The average molecular weight is 596 g/mol. The van der Waals surface area contributed by atoms with E-state index in [0.717, 1.165) is 4.90 Å². The number of halogens is 1. The summed E-state index contributed by atoms with van der Waals surface area (Å²) < 4.78 is 22.3. The summed E-state index contributed by atoms with van der Waals surface area (Å²) in [4.78, 5) is 49.7. The van der Waals surface area contributed by atoms with Crippen LogP contribution in [0, 0.1) is 10.1 Å². The van der Waals surface area contributed by atoms with Gasteiger partial charge in [0.1, 0.15) is 12.2 Å². The lowest BCUT2D eigenvalue weighted by Gasteiger charge is -2.26. The molecule has 0 aliphatic carbocycles. The first kappa shape index (κ1) is 25.7. The molecule has 5 rings (SSSR count). The minimum atomic E-state index is -0.896. The lowest BCUT2D eigenvalue weighted by atomic mass is 10.1. The summed E-state index contributed by atoms with van der Waals surface area (Å²) >= 11 is 3.43. The summed E-state index contributed by atoms with van der Waals surface area (Å²) in [7, 11) is 1.43. The Morgan fingerprint density at radius 1 is 1.05 bits per heavy atom. The molecule has 1 N–H and O–H groups in total. The molecule has 0 radical (unpaired) electrons. The molecule has 13 heteroatoms. The molecular weight excluding hydrogens is 578 g/mol. The van der Waals surface area contributed by atoms with Crippen LogP contribution < -0.4 is 29.2 Å². The number of nitro benzene ring substituents is 1. The highest BCUT2D eigenvalue weighted by Crippen LogP contribution is 2.38. The minimum Gasteiger partial charge on any atom is -0.493 e. The number of hydrogen-bond acceptors (Lipinski definition) is 9. The average Bonchev–Trinajstić information content (AvgIpc) is 3.39. The van der Waals surface area contributed by atoms with Crippen LogP contribution in [0.15, 0.2) is 64.6 Å². The molecule has 2 aliphatic heterocycles. The van der Waals surface area contributed by atoms with Crippen LogP contribution in [0.1, 0.15) is 11.1 Å². The van der Waals surface area contributed by atoms with E-state index in [1.807, 2.05) is 0 Å². The third-order valence-corrected chi connectivity index (χ3v) is 6.53. The van der Waals surface area contributed by atoms with Gasteiger partial charge in [0.05, 0.1) is 17.7 Å². The van der Waals surface area contributed by atoms with Gasteiger partial charge in [-0.3, -0.25) is 25.0 Å². The molecule has 0 aromatic heterocycles. The van der Waals surface area contributed by atoms with E-state index in [1.165, 1.54) is 37.5 Å². The number of benzene rings is 3. The molecule has 2 heterocycles. The van der Waals surface area contributed by atoms with Crippen molar-refractivity contribution in [2.45, 2.75) is 6.61 Å². The van der Waals surface area contributed by atoms with E-state index >= 15 is 0 Å². The first-order valence-electron chi connectivity index (χ1n) is 11.3. The number of urea groups is 1. The molecule has 0 atom stereocenters. The monoisotopic (exact) mass is 595 g/mol. The SMILES string of the molecule is COc1cc(/C=C2\C(=O)NC(=O)N(c3ccc4c(c3)OCO4)C2=O)c(Br)cc1OCc1ccc([N+](=O)[O-])cc1. The number of nitro groups is 1. The summed E-state index contributed by atoms with van der Waals surface area (Å²) in [6.07, 6.45) is 1.33. The molecule has 0 bridgehead atoms. The highest BCUT2D eigenvalue weighted by molar-refractivity contribution is 9.10. The van der Waals surface area contributed by atoms with Gasteiger partial charge in [0.15, 0.2) is 23.0 Å². The molecular formula is C26H18BrN3O9. The summed E-state index contributed by atoms with van der Waals surface area (Å²) in [5.74, 6) is -0.186. The van der Waals surface area contributed by atoms with Crippen LogP contribution in [0.4, 0.5) is 16.2 Å². The van der Waals surface area contributed by atoms with Crippen molar-refractivity contribution >= 4 is 51.2 Å². The fourth-order valence-electron chi connectivity index (χ4n) is 3.88. The van der Waals surface area contributed by atoms with Crippen LogP contribution >= 0.6 is 15.9 Å². The molecule has 0 unspecified atom stereocenters. The smallest absolute Gasteiger partial charge is 0.335 e. The van der Waals surface area contributed by atoms with E-state index < -0.39 is 22.8 Å². The number of imide groups is 2. The van der Waals surface area contributed by atoms with Crippen LogP contribution in [-0.2, 0) is 16.2 Å². The van der Waals surface area contributed by atoms with Crippen molar-refractivity contribution in [3.8, 4) is 23.0 Å². The van der Waals surface area contributed by atoms with Crippen LogP contribution in [0.25, 0.3) is 6.08 Å². The lowest BCUT2D eigenvalue weighted by Crippen LogP contribution is -2.54. The minimum absolute atomic E-state index is 0.0199. The van der Waals surface area contributed by atoms with Gasteiger partial charge in [0.25, 0.3) is 17.5 Å². The molecule has 12 nitrogen and oxygen atoms in total. The molecule has 0 spiro atoms. The maximum Gasteiger partial charge on any atom is 0.335 e. The third kappa shape index (κ3) is 5.11. The van der Waals surface area contributed by atoms with Crippen molar-refractivity contribution < 1.29 is 38.3 Å². The largest absolute Gasteiger partial charge is 0.493 e. The zero-order chi connectivity index (χ0) is 27.7. The number of rotatable bonds is 7. The Hall–Kier alpha value is -4.91. The van der Waals surface area contributed by atoms with E-state index in [4.69, 9.17) is 18.9 Å². The lowest BCUT2D eigenvalue weighted by molar-refractivity contribution is -0.384. The highest BCUT2D eigenvalue weighted by Gasteiger charge is 2.37. The Morgan fingerprint density at radius 2 is 1.79 bits per heavy atom. The summed E-state index contributed by atoms with van der Waals surface area (Å²) in [6.45, 7) is 0.126. The number of non-ortho nitro benzene ring substituents is 1. The number of barbiturate groups is 1. The predicted molar refractivity (Wildman–Crippen MR) is 140 cm³/mol. The van der Waals surface area contributed by atoms with Gasteiger partial charge in [0, 0.05) is 22.7 Å². The van der Waals surface area contributed by atoms with Gasteiger partial charge >= 0.3 is 6.03 Å². The molecule has 39 heavy (non-hydrogen) atoms. The van der Waals surface area contributed by atoms with E-state index in [9.17, 15) is 24.5 Å². The Kier molecular flexibility index (Phi) is 6.90. The maximum atomic E-state index is 13.3. The summed E-state index contributed by atoms with van der Waals surface area (Å²) in [5.41, 5.74) is 0.994. The fraction of sp³-hybridized carbons (Fsp3) is 0.115. The number of hydrogen-bond donors (Lipinski definition) is 1. The molecule has 3 aromatic carbocycles. The van der Waals surface area contributed by atoms with E-state index in [1.54, 1.807) is 30.3 Å². The Balaban J connectivity index is 1.40. The van der Waals surface area contributed by atoms with Gasteiger partial charge in [-0.05, 0) is 53.6 Å². The normalized spacial score (nSPS) is 15.4. The van der Waals surface area contributed by atoms with Crippen molar-refractivity contribution in [1.29, 1.82) is 0 Å². The highest BCUT2D eigenvalue weighted by atomic mass is 79.9. The zero-order valence-electron chi connectivity index (χ0n) is 20.1. The first-order valence-corrected chi connectivity index (χ1v) is 12.1. The number of anilines is 1. The van der Waals surface area contributed by atoms with Gasteiger partial charge in [-0.15, -0.1) is 0 Å². The van der Waals surface area contributed by atoms with Crippen molar-refractivity contribution in [2.75, 3.05) is 18.8 Å². The molecule has 2 aliphatic rings. The third-order valence-electron chi connectivity index (χ3n) is 5.84. The van der Waals surface area contributed by atoms with Gasteiger partial charge in [-0.2, -0.15) is 0 Å². The Bertz CT molecular complexity index is 1550. The molecule has 1 saturated heterocycles. The summed E-state index contributed by atoms with van der Waals surface area (Å²) in [6, 6.07) is 12.7. The molecule has 0 saturated carbocycles. The van der Waals surface area contributed by atoms with E-state index in [0.29, 0.717) is 38.6 Å². The Labute approximate surface area is 229 Å². The maximum absolute atomic E-state index is 13.3. The van der Waals surface area contributed by atoms with Gasteiger partial charge in [0.2, 0.25) is 6.79 Å². The molecule has 198 valence electrons. The van der Waals surface area contributed by atoms with Crippen molar-refractivity contribution in [2.24, 2.45) is 0 Å². The van der Waals surface area contributed by atoms with Crippen molar-refractivity contribution in [3.05, 3.63) is 85.9 Å². The zero-order valence-corrected chi connectivity index (χ0v) is 21.7. The van der Waals surface area contributed by atoms with Gasteiger partial charge in [-0.1, -0.05) is 15.9 Å². The van der Waals surface area contributed by atoms with E-state index in [2.05, 4.69) is 21.2 Å². The molecule has 1 fully saturated rings. The fourth-order valence-corrected chi connectivity index (χ4v) is 4.32. The number of fused-ring (bicyclic) bond motifs is 1. The number of nitrogens with one attached hydrogen (secondary N) is 1. The standard InChI is InChI=1S/C26H18BrN3O9/c1-36-21-9-15(19(27)11-23(21)37-12-14-2-4-16(5-3-14)30(34)35)8-18-24(31)28-26(33)29(25(18)32)17-6-7-20-22(10-17)39-13-38-20/h2-11H,12-13H2,1H3,(H,28,31,33)/b18-8+. The predicted octanol–water partition coefficient (Wildman–Crippen LogP) is 4.34. The van der Waals surface area contributed by atoms with Crippen molar-refractivity contribution in [3.63, 3.8) is 0 Å². The number of nitrogens with zero attached hydrogens (tertiary/aromatic N) is 2. The molecule has 3 aromatic rings. The quantitative estimate of drug-likeness (QED) is 0.182. The van der Waals surface area contributed by atoms with Crippen LogP contribution in [0.3, 0.4) is 0 Å². The summed E-state index contributed by atoms with van der Waals surface area (Å²) in [5, 5.41) is 13.0. The second-order valence-corrected chi connectivity index (χ2v) is 9.09. The molecule has 4 amide bonds. The van der Waals surface area contributed by atoms with Gasteiger partial charge < -0.3 is 18.9 Å². The second kappa shape index (κ2) is 10.5. The van der Waals surface area contributed by atoms with Crippen LogP contribution in [-0.4, -0.2) is 36.7 Å². The van der Waals surface area contributed by atoms with Crippen LogP contribution in [0.5, 0.6) is 23.0 Å². The second-order valence-electron chi connectivity index (χ2n) is 8.23. The number of carbonyl (C=O) groups is 3. The topological polar surface area (TPSA) is 147 Å². The van der Waals surface area contributed by atoms with Gasteiger partial charge in [-0.25, -0.2) is 9.69 Å². The number of amides is 4. The van der Waals surface area contributed by atoms with E-state index in [-0.39, 0.29) is 30.3 Å². The van der Waals surface area contributed by atoms with Crippen LogP contribution in [0.2, 0.25) is 0 Å². The number of carbonyl (C=O) groups excluding carboxylic acids is 3.